The molecule has 1 saturated carbocycles. The minimum absolute atomic E-state index is 0.644. The summed E-state index contributed by atoms with van der Waals surface area (Å²) in [5.41, 5.74) is 4.79. The fraction of sp³-hybridized carbons (Fsp3) is 0.455. The number of benzene rings is 2. The second-order valence-electron chi connectivity index (χ2n) is 7.71. The molecule has 126 valence electrons. The Balaban J connectivity index is 1.24. The first-order chi connectivity index (χ1) is 11.8. The zero-order valence-corrected chi connectivity index (χ0v) is 14.7. The topological polar surface area (TPSA) is 15.3 Å². The van der Waals surface area contributed by atoms with E-state index in [0.29, 0.717) is 5.41 Å². The molecular formula is C22H28N2. The van der Waals surface area contributed by atoms with Crippen LogP contribution >= 0.6 is 0 Å². The van der Waals surface area contributed by atoms with Crippen molar-refractivity contribution in [3.05, 3.63) is 65.7 Å². The Hall–Kier alpha value is -1.80. The van der Waals surface area contributed by atoms with E-state index in [1.807, 2.05) is 0 Å². The Morgan fingerprint density at radius 2 is 1.83 bits per heavy atom. The summed E-state index contributed by atoms with van der Waals surface area (Å²) in [5.74, 6) is 0.889. The van der Waals surface area contributed by atoms with Gasteiger partial charge in [-0.1, -0.05) is 48.0 Å². The number of piperidine rings is 1. The molecule has 0 radical (unpaired) electrons. The Morgan fingerprint density at radius 3 is 2.58 bits per heavy atom. The predicted octanol–water partition coefficient (Wildman–Crippen LogP) is 4.39. The van der Waals surface area contributed by atoms with Crippen LogP contribution in [0.3, 0.4) is 0 Å². The highest BCUT2D eigenvalue weighted by molar-refractivity contribution is 5.46. The van der Waals surface area contributed by atoms with Crippen molar-refractivity contribution in [3.8, 4) is 0 Å². The normalized spacial score (nSPS) is 21.9. The molecule has 1 aliphatic carbocycles. The molecule has 1 aliphatic heterocycles. The Morgan fingerprint density at radius 1 is 1.04 bits per heavy atom. The molecule has 2 fully saturated rings. The largest absolute Gasteiger partial charge is 0.371 e. The second kappa shape index (κ2) is 6.60. The lowest BCUT2D eigenvalue weighted by atomic mass is 9.90. The molecule has 2 aliphatic rings. The lowest BCUT2D eigenvalue weighted by molar-refractivity contribution is 0.343. The molecule has 2 aromatic rings. The lowest BCUT2D eigenvalue weighted by Crippen LogP contribution is -2.36. The molecule has 1 saturated heterocycles. The van der Waals surface area contributed by atoms with Gasteiger partial charge in [-0.05, 0) is 61.8 Å². The van der Waals surface area contributed by atoms with E-state index in [1.54, 1.807) is 0 Å². The van der Waals surface area contributed by atoms with Crippen molar-refractivity contribution in [2.75, 3.05) is 24.5 Å². The molecule has 1 N–H and O–H groups in total. The third-order valence-corrected chi connectivity index (χ3v) is 6.04. The third kappa shape index (κ3) is 3.34. The van der Waals surface area contributed by atoms with Crippen molar-refractivity contribution in [2.24, 2.45) is 11.3 Å². The predicted molar refractivity (Wildman–Crippen MR) is 101 cm³/mol. The number of nitrogens with zero attached hydrogens (tertiary/aromatic N) is 1. The molecule has 2 aromatic carbocycles. The van der Waals surface area contributed by atoms with Crippen LogP contribution in [0.2, 0.25) is 0 Å². The summed E-state index contributed by atoms with van der Waals surface area (Å²) < 4.78 is 0. The minimum atomic E-state index is 0.644. The maximum absolute atomic E-state index is 3.69. The van der Waals surface area contributed by atoms with Gasteiger partial charge in [0.05, 0.1) is 0 Å². The molecule has 0 amide bonds. The van der Waals surface area contributed by atoms with E-state index in [9.17, 15) is 0 Å². The smallest absolute Gasteiger partial charge is 0.0366 e. The average molecular weight is 320 g/mol. The molecule has 0 bridgehead atoms. The van der Waals surface area contributed by atoms with E-state index < -0.39 is 0 Å². The van der Waals surface area contributed by atoms with Crippen LogP contribution in [0.25, 0.3) is 0 Å². The van der Waals surface area contributed by atoms with E-state index in [4.69, 9.17) is 0 Å². The molecule has 4 rings (SSSR count). The number of rotatable bonds is 5. The van der Waals surface area contributed by atoms with Crippen molar-refractivity contribution in [3.63, 3.8) is 0 Å². The highest BCUT2D eigenvalue weighted by Crippen LogP contribution is 2.59. The highest BCUT2D eigenvalue weighted by atomic mass is 15.1. The van der Waals surface area contributed by atoms with Gasteiger partial charge in [0.1, 0.15) is 0 Å². The van der Waals surface area contributed by atoms with E-state index in [1.165, 1.54) is 55.7 Å². The fourth-order valence-electron chi connectivity index (χ4n) is 4.39. The van der Waals surface area contributed by atoms with Crippen LogP contribution in [0.5, 0.6) is 0 Å². The lowest BCUT2D eigenvalue weighted by Gasteiger charge is -2.34. The van der Waals surface area contributed by atoms with Crippen molar-refractivity contribution in [2.45, 2.75) is 32.7 Å². The first-order valence-electron chi connectivity index (χ1n) is 9.31. The molecular weight excluding hydrogens is 292 g/mol. The van der Waals surface area contributed by atoms with E-state index in [2.05, 4.69) is 71.7 Å². The fourth-order valence-corrected chi connectivity index (χ4v) is 4.39. The summed E-state index contributed by atoms with van der Waals surface area (Å²) in [5, 5.41) is 3.69. The number of aryl methyl sites for hydroxylation is 1. The number of hydrogen-bond acceptors (Lipinski definition) is 2. The third-order valence-electron chi connectivity index (χ3n) is 6.04. The van der Waals surface area contributed by atoms with Gasteiger partial charge in [0.15, 0.2) is 0 Å². The van der Waals surface area contributed by atoms with Gasteiger partial charge in [-0.2, -0.15) is 0 Å². The highest BCUT2D eigenvalue weighted by Gasteiger charge is 2.54. The molecule has 1 heterocycles. The van der Waals surface area contributed by atoms with Gasteiger partial charge in [0.25, 0.3) is 0 Å². The monoisotopic (exact) mass is 320 g/mol. The summed E-state index contributed by atoms with van der Waals surface area (Å²) >= 11 is 0. The number of hydrogen-bond donors (Lipinski definition) is 1. The SMILES string of the molecule is Cc1cccc(CNCC2CC23CCN(c2ccccc2)CC3)c1. The Bertz CT molecular complexity index is 671. The number of para-hydroxylation sites is 1. The minimum Gasteiger partial charge on any atom is -0.371 e. The van der Waals surface area contributed by atoms with Crippen LogP contribution in [0.15, 0.2) is 54.6 Å². The summed E-state index contributed by atoms with van der Waals surface area (Å²) in [6, 6.07) is 19.7. The molecule has 0 aromatic heterocycles. The van der Waals surface area contributed by atoms with Crippen LogP contribution < -0.4 is 10.2 Å². The molecule has 1 spiro atoms. The van der Waals surface area contributed by atoms with Crippen LogP contribution in [-0.2, 0) is 6.54 Å². The number of nitrogens with one attached hydrogen (secondary N) is 1. The standard InChI is InChI=1S/C22H28N2/c1-18-6-5-7-19(14-18)16-23-17-20-15-22(20)10-12-24(13-11-22)21-8-3-2-4-9-21/h2-9,14,20,23H,10-13,15-17H2,1H3. The van der Waals surface area contributed by atoms with Crippen molar-refractivity contribution < 1.29 is 0 Å². The molecule has 2 nitrogen and oxygen atoms in total. The van der Waals surface area contributed by atoms with Gasteiger partial charge in [-0.3, -0.25) is 0 Å². The maximum Gasteiger partial charge on any atom is 0.0366 e. The molecule has 1 unspecified atom stereocenters. The van der Waals surface area contributed by atoms with Crippen LogP contribution in [0.4, 0.5) is 5.69 Å². The summed E-state index contributed by atoms with van der Waals surface area (Å²) in [7, 11) is 0. The van der Waals surface area contributed by atoms with Crippen molar-refractivity contribution in [1.82, 2.24) is 5.32 Å². The second-order valence-corrected chi connectivity index (χ2v) is 7.71. The van der Waals surface area contributed by atoms with Crippen molar-refractivity contribution >= 4 is 5.69 Å². The first kappa shape index (κ1) is 15.7. The van der Waals surface area contributed by atoms with Gasteiger partial charge < -0.3 is 10.2 Å². The molecule has 2 heteroatoms. The van der Waals surface area contributed by atoms with Gasteiger partial charge in [-0.25, -0.2) is 0 Å². The van der Waals surface area contributed by atoms with Crippen molar-refractivity contribution in [1.29, 1.82) is 0 Å². The zero-order valence-electron chi connectivity index (χ0n) is 14.7. The first-order valence-corrected chi connectivity index (χ1v) is 9.31. The van der Waals surface area contributed by atoms with Gasteiger partial charge in [0, 0.05) is 25.3 Å². The summed E-state index contributed by atoms with van der Waals surface area (Å²) in [6.07, 6.45) is 4.15. The van der Waals surface area contributed by atoms with Crippen LogP contribution in [0.1, 0.15) is 30.4 Å². The summed E-state index contributed by atoms with van der Waals surface area (Å²) in [4.78, 5) is 2.56. The van der Waals surface area contributed by atoms with E-state index >= 15 is 0 Å². The van der Waals surface area contributed by atoms with Crippen LogP contribution in [-0.4, -0.2) is 19.6 Å². The Labute approximate surface area is 145 Å². The average Bonchev–Trinajstić information content (AvgIpc) is 3.28. The van der Waals surface area contributed by atoms with Gasteiger partial charge >= 0.3 is 0 Å². The number of anilines is 1. The van der Waals surface area contributed by atoms with Gasteiger partial charge in [-0.15, -0.1) is 0 Å². The van der Waals surface area contributed by atoms with E-state index in [0.717, 1.165) is 12.5 Å². The van der Waals surface area contributed by atoms with Gasteiger partial charge in [0.2, 0.25) is 0 Å². The zero-order chi connectivity index (χ0) is 16.4. The Kier molecular flexibility index (Phi) is 4.32. The molecule has 1 atom stereocenters. The van der Waals surface area contributed by atoms with E-state index in [-0.39, 0.29) is 0 Å². The van der Waals surface area contributed by atoms with Crippen LogP contribution in [0, 0.1) is 18.3 Å². The molecule has 24 heavy (non-hydrogen) atoms. The summed E-state index contributed by atoms with van der Waals surface area (Å²) in [6.45, 7) is 6.79. The maximum atomic E-state index is 3.69. The quantitative estimate of drug-likeness (QED) is 0.879.